The number of hydrogen-bond acceptors (Lipinski definition) is 6. The summed E-state index contributed by atoms with van der Waals surface area (Å²) in [6, 6.07) is 13.9. The lowest BCUT2D eigenvalue weighted by atomic mass is 10.1. The predicted octanol–water partition coefficient (Wildman–Crippen LogP) is 1.97. The number of pyridine rings is 1. The minimum absolute atomic E-state index is 0.377. The highest BCUT2D eigenvalue weighted by atomic mass is 15.3. The number of aromatic nitrogens is 3. The van der Waals surface area contributed by atoms with E-state index in [-0.39, 0.29) is 0 Å². The molecule has 3 heterocycles. The Morgan fingerprint density at radius 3 is 2.75 bits per heavy atom. The maximum absolute atomic E-state index is 9.32. The zero-order valence-corrected chi connectivity index (χ0v) is 13.1. The van der Waals surface area contributed by atoms with Crippen molar-refractivity contribution in [2.24, 2.45) is 0 Å². The second-order valence-corrected chi connectivity index (χ2v) is 5.70. The average molecular weight is 316 g/mol. The molecule has 6 nitrogen and oxygen atoms in total. The summed E-state index contributed by atoms with van der Waals surface area (Å²) in [6.07, 6.45) is 1.80. The maximum atomic E-state index is 9.32. The molecule has 1 N–H and O–H groups in total. The molecule has 0 unspecified atom stereocenters. The Hall–Kier alpha value is -3.04. The fourth-order valence-electron chi connectivity index (χ4n) is 2.86. The maximum Gasteiger partial charge on any atom is 0.227 e. The van der Waals surface area contributed by atoms with E-state index < -0.39 is 0 Å². The number of rotatable bonds is 2. The SMILES string of the molecule is N#Cc1cc(-c2cnc3ccccc3c2)nc(N2CCNCC2)n1. The molecule has 1 fully saturated rings. The second-order valence-electron chi connectivity index (χ2n) is 5.70. The fourth-order valence-corrected chi connectivity index (χ4v) is 2.86. The van der Waals surface area contributed by atoms with Crippen LogP contribution in [-0.4, -0.2) is 41.1 Å². The number of piperazine rings is 1. The molecule has 3 aromatic rings. The van der Waals surface area contributed by atoms with E-state index in [0.717, 1.165) is 48.3 Å². The van der Waals surface area contributed by atoms with Crippen molar-refractivity contribution >= 4 is 16.9 Å². The summed E-state index contributed by atoms with van der Waals surface area (Å²) < 4.78 is 0. The van der Waals surface area contributed by atoms with Crippen molar-refractivity contribution in [1.82, 2.24) is 20.3 Å². The van der Waals surface area contributed by atoms with Crippen molar-refractivity contribution in [1.29, 1.82) is 5.26 Å². The van der Waals surface area contributed by atoms with Crippen LogP contribution >= 0.6 is 0 Å². The van der Waals surface area contributed by atoms with Crippen molar-refractivity contribution in [3.05, 3.63) is 48.3 Å². The molecule has 0 saturated carbocycles. The minimum atomic E-state index is 0.377. The Morgan fingerprint density at radius 2 is 1.92 bits per heavy atom. The smallest absolute Gasteiger partial charge is 0.227 e. The number of para-hydroxylation sites is 1. The first-order chi connectivity index (χ1) is 11.8. The minimum Gasteiger partial charge on any atom is -0.338 e. The number of hydrogen-bond donors (Lipinski definition) is 1. The summed E-state index contributed by atoms with van der Waals surface area (Å²) in [5, 5.41) is 13.7. The van der Waals surface area contributed by atoms with Gasteiger partial charge in [0.25, 0.3) is 0 Å². The molecule has 1 aliphatic rings. The van der Waals surface area contributed by atoms with Gasteiger partial charge in [-0.3, -0.25) is 4.98 Å². The molecule has 0 amide bonds. The number of nitrogens with zero attached hydrogens (tertiary/aromatic N) is 5. The highest BCUT2D eigenvalue weighted by Gasteiger charge is 2.16. The summed E-state index contributed by atoms with van der Waals surface area (Å²) >= 11 is 0. The Kier molecular flexibility index (Phi) is 3.77. The van der Waals surface area contributed by atoms with E-state index in [0.29, 0.717) is 11.6 Å². The van der Waals surface area contributed by atoms with Crippen molar-refractivity contribution in [3.63, 3.8) is 0 Å². The standard InChI is InChI=1S/C18H16N6/c19-11-15-10-17(23-18(22-15)24-7-5-20-6-8-24)14-9-13-3-1-2-4-16(13)21-12-14/h1-4,9-10,12,20H,5-8H2. The van der Waals surface area contributed by atoms with Gasteiger partial charge in [-0.25, -0.2) is 9.97 Å². The third-order valence-corrected chi connectivity index (χ3v) is 4.11. The zero-order chi connectivity index (χ0) is 16.4. The van der Waals surface area contributed by atoms with Crippen LogP contribution in [0, 0.1) is 11.3 Å². The quantitative estimate of drug-likeness (QED) is 0.779. The van der Waals surface area contributed by atoms with Gasteiger partial charge in [0.1, 0.15) is 11.8 Å². The van der Waals surface area contributed by atoms with Crippen LogP contribution in [0.1, 0.15) is 5.69 Å². The van der Waals surface area contributed by atoms with Crippen LogP contribution in [0.3, 0.4) is 0 Å². The Bertz CT molecular complexity index is 924. The van der Waals surface area contributed by atoms with Gasteiger partial charge >= 0.3 is 0 Å². The van der Waals surface area contributed by atoms with E-state index in [9.17, 15) is 5.26 Å². The Labute approximate surface area is 139 Å². The lowest BCUT2D eigenvalue weighted by molar-refractivity contribution is 0.580. The van der Waals surface area contributed by atoms with Crippen LogP contribution < -0.4 is 10.2 Å². The lowest BCUT2D eigenvalue weighted by Gasteiger charge is -2.27. The van der Waals surface area contributed by atoms with E-state index >= 15 is 0 Å². The molecule has 1 aliphatic heterocycles. The van der Waals surface area contributed by atoms with Gasteiger partial charge in [-0.05, 0) is 12.1 Å². The van der Waals surface area contributed by atoms with E-state index in [1.54, 1.807) is 12.3 Å². The van der Waals surface area contributed by atoms with Crippen molar-refractivity contribution in [3.8, 4) is 17.3 Å². The Morgan fingerprint density at radius 1 is 1.08 bits per heavy atom. The van der Waals surface area contributed by atoms with Gasteiger partial charge < -0.3 is 10.2 Å². The topological polar surface area (TPSA) is 77.7 Å². The first-order valence-electron chi connectivity index (χ1n) is 7.93. The molecule has 0 bridgehead atoms. The molecule has 6 heteroatoms. The number of anilines is 1. The molecular formula is C18H16N6. The summed E-state index contributed by atoms with van der Waals surface area (Å²) in [4.78, 5) is 15.6. The molecule has 118 valence electrons. The summed E-state index contributed by atoms with van der Waals surface area (Å²) in [5.41, 5.74) is 2.94. The first kappa shape index (κ1) is 14.5. The van der Waals surface area contributed by atoms with Gasteiger partial charge in [0.2, 0.25) is 5.95 Å². The average Bonchev–Trinajstić information content (AvgIpc) is 2.68. The summed E-state index contributed by atoms with van der Waals surface area (Å²) in [7, 11) is 0. The molecule has 2 aromatic heterocycles. The molecule has 0 spiro atoms. The highest BCUT2D eigenvalue weighted by molar-refractivity contribution is 5.83. The molecule has 0 radical (unpaired) electrons. The van der Waals surface area contributed by atoms with E-state index in [1.165, 1.54) is 0 Å². The molecule has 0 aliphatic carbocycles. The zero-order valence-electron chi connectivity index (χ0n) is 13.1. The van der Waals surface area contributed by atoms with Crippen LogP contribution in [0.15, 0.2) is 42.6 Å². The van der Waals surface area contributed by atoms with E-state index in [1.807, 2.05) is 30.3 Å². The van der Waals surface area contributed by atoms with Crippen molar-refractivity contribution < 1.29 is 0 Å². The third kappa shape index (κ3) is 2.77. The van der Waals surface area contributed by atoms with Gasteiger partial charge in [0, 0.05) is 49.4 Å². The van der Waals surface area contributed by atoms with Crippen LogP contribution in [0.25, 0.3) is 22.2 Å². The van der Waals surface area contributed by atoms with Gasteiger partial charge in [-0.15, -0.1) is 0 Å². The molecular weight excluding hydrogens is 300 g/mol. The van der Waals surface area contributed by atoms with E-state index in [2.05, 4.69) is 31.2 Å². The highest BCUT2D eigenvalue weighted by Crippen LogP contribution is 2.23. The van der Waals surface area contributed by atoms with Crippen LogP contribution in [0.2, 0.25) is 0 Å². The number of nitrogens with one attached hydrogen (secondary N) is 1. The van der Waals surface area contributed by atoms with Gasteiger partial charge in [-0.2, -0.15) is 5.26 Å². The third-order valence-electron chi connectivity index (χ3n) is 4.11. The van der Waals surface area contributed by atoms with Crippen LogP contribution in [-0.2, 0) is 0 Å². The Balaban J connectivity index is 1.79. The fraction of sp³-hybridized carbons (Fsp3) is 0.222. The van der Waals surface area contributed by atoms with Crippen LogP contribution in [0.5, 0.6) is 0 Å². The van der Waals surface area contributed by atoms with Gasteiger partial charge in [-0.1, -0.05) is 18.2 Å². The number of nitriles is 1. The largest absolute Gasteiger partial charge is 0.338 e. The van der Waals surface area contributed by atoms with Gasteiger partial charge in [0.15, 0.2) is 0 Å². The van der Waals surface area contributed by atoms with Gasteiger partial charge in [0.05, 0.1) is 11.2 Å². The molecule has 1 saturated heterocycles. The molecule has 0 atom stereocenters. The molecule has 1 aromatic carbocycles. The van der Waals surface area contributed by atoms with Crippen molar-refractivity contribution in [2.75, 3.05) is 31.1 Å². The number of fused-ring (bicyclic) bond motifs is 1. The normalized spacial score (nSPS) is 14.5. The molecule has 4 rings (SSSR count). The lowest BCUT2D eigenvalue weighted by Crippen LogP contribution is -2.44. The second kappa shape index (κ2) is 6.22. The monoisotopic (exact) mass is 316 g/mol. The number of benzene rings is 1. The summed E-state index contributed by atoms with van der Waals surface area (Å²) in [5.74, 6) is 0.610. The predicted molar refractivity (Wildman–Crippen MR) is 92.6 cm³/mol. The van der Waals surface area contributed by atoms with E-state index in [4.69, 9.17) is 0 Å². The van der Waals surface area contributed by atoms with Crippen LogP contribution in [0.4, 0.5) is 5.95 Å². The van der Waals surface area contributed by atoms with Crippen molar-refractivity contribution in [2.45, 2.75) is 0 Å². The molecule has 24 heavy (non-hydrogen) atoms. The summed E-state index contributed by atoms with van der Waals surface area (Å²) in [6.45, 7) is 3.47. The first-order valence-corrected chi connectivity index (χ1v) is 7.93.